The molecule has 0 bridgehead atoms. The summed E-state index contributed by atoms with van der Waals surface area (Å²) >= 11 is 0. The fraction of sp³-hybridized carbons (Fsp3) is 0.217. The highest BCUT2D eigenvalue weighted by Crippen LogP contribution is 2.33. The Balaban J connectivity index is 0.000000209. The van der Waals surface area contributed by atoms with Crippen molar-refractivity contribution in [2.75, 3.05) is 105 Å². The maximum atomic E-state index is 12.9. The minimum Gasteiger partial charge on any atom is -0.373 e. The van der Waals surface area contributed by atoms with Gasteiger partial charge in [0.2, 0.25) is 0 Å². The Morgan fingerprint density at radius 3 is 1.05 bits per heavy atom. The van der Waals surface area contributed by atoms with Gasteiger partial charge in [-0.15, -0.1) is 0 Å². The average molecular weight is 1360 g/mol. The Labute approximate surface area is 566 Å². The van der Waals surface area contributed by atoms with Crippen molar-refractivity contribution >= 4 is 105 Å². The van der Waals surface area contributed by atoms with Gasteiger partial charge >= 0.3 is 30.4 Å². The van der Waals surface area contributed by atoms with Gasteiger partial charge in [-0.05, 0) is 152 Å². The molecule has 0 spiro atoms. The molecule has 0 aliphatic carbocycles. The van der Waals surface area contributed by atoms with Crippen molar-refractivity contribution in [2.45, 2.75) is 59.8 Å². The van der Waals surface area contributed by atoms with Crippen LogP contribution in [0, 0.1) is 27.7 Å². The summed E-state index contributed by atoms with van der Waals surface area (Å²) in [5, 5.41) is 24.9. The van der Waals surface area contributed by atoms with Gasteiger partial charge < -0.3 is 47.9 Å². The molecular weight excluding hydrogens is 1290 g/mol. The lowest BCUT2D eigenvalue weighted by Gasteiger charge is -2.19. The van der Waals surface area contributed by atoms with E-state index in [1.54, 1.807) is 96.6 Å². The van der Waals surface area contributed by atoms with Crippen LogP contribution in [0.25, 0.3) is 0 Å². The smallest absolute Gasteiger partial charge is 0.373 e. The molecule has 3 heterocycles. The van der Waals surface area contributed by atoms with E-state index in [1.807, 2.05) is 32.0 Å². The Bertz CT molecular complexity index is 4400. The number of nitrogens with zero attached hydrogens (tertiary/aromatic N) is 9. The van der Waals surface area contributed by atoms with Gasteiger partial charge in [0.05, 0.1) is 11.1 Å². The first-order valence-corrected chi connectivity index (χ1v) is 30.2. The molecule has 0 atom stereocenters. The standard InChI is InChI=1S/C25H30N6O2.2C22H21F3N6O2/c1-15(2)20-10-9-19(11-17(20)4)29-24(32)18-8-7-16(3)21(12-18)30-25(33)31(6)23-13-22(26-5)27-14-28-23;1-13-4-5-14(20(32)29-16-8-6-15(7-9-16)22(23,24)25)10-17(13)30-21(33)31(3)19-11-18(26-2)27-12-28-19;1-13-7-8-14(20(32)29-16-6-4-5-15(10-16)22(23,24)25)9-17(13)30-21(33)31(3)19-11-18(26-2)27-12-28-19/h7-15H,1-6H3,(H,29,32)(H,30,33)(H,26,27,28);2*4-12H,1-3H3,(H,29,32)(H,30,33)(H,26,27,28). The minimum atomic E-state index is -4.52. The van der Waals surface area contributed by atoms with E-state index in [9.17, 15) is 55.1 Å². The zero-order valence-electron chi connectivity index (χ0n) is 55.8. The fourth-order valence-electron chi connectivity index (χ4n) is 9.13. The summed E-state index contributed by atoms with van der Waals surface area (Å²) < 4.78 is 76.8. The van der Waals surface area contributed by atoms with E-state index in [0.717, 1.165) is 41.1 Å². The van der Waals surface area contributed by atoms with E-state index in [1.165, 1.54) is 95.8 Å². The summed E-state index contributed by atoms with van der Waals surface area (Å²) in [4.78, 5) is 105. The third-order valence-corrected chi connectivity index (χ3v) is 15.0. The summed E-state index contributed by atoms with van der Waals surface area (Å²) in [5.41, 5.74) is 6.03. The SMILES string of the molecule is CNc1cc(N(C)C(=O)Nc2cc(C(=O)Nc3ccc(C(C)C)c(C)c3)ccc2C)ncn1.CNc1cc(N(C)C(=O)Nc2cc(C(=O)Nc3ccc(C(F)(F)F)cc3)ccc2C)ncn1.CNc1cc(N(C)C(=O)Nc2cc(C(=O)Nc3cccc(C(F)(F)F)c3)ccc2C)ncn1. The first-order chi connectivity index (χ1) is 46.8. The second kappa shape index (κ2) is 32.9. The summed E-state index contributed by atoms with van der Waals surface area (Å²) in [5.74, 6) is 1.85. The molecule has 0 saturated carbocycles. The van der Waals surface area contributed by atoms with Crippen molar-refractivity contribution in [3.63, 3.8) is 0 Å². The number of halogens is 6. The van der Waals surface area contributed by atoms with Crippen LogP contribution in [-0.4, -0.2) is 108 Å². The Morgan fingerprint density at radius 1 is 0.374 bits per heavy atom. The Hall–Kier alpha value is -12.2. The summed E-state index contributed by atoms with van der Waals surface area (Å²) in [7, 11) is 9.80. The van der Waals surface area contributed by atoms with E-state index in [2.05, 4.69) is 91.6 Å². The van der Waals surface area contributed by atoms with Crippen molar-refractivity contribution < 1.29 is 55.1 Å². The molecule has 0 aliphatic heterocycles. The number of hydrogen-bond acceptors (Lipinski definition) is 15. The number of urea groups is 3. The van der Waals surface area contributed by atoms with E-state index in [-0.39, 0.29) is 34.4 Å². The highest BCUT2D eigenvalue weighted by molar-refractivity contribution is 6.09. The summed E-state index contributed by atoms with van der Waals surface area (Å²) in [6, 6.07) is 32.4. The van der Waals surface area contributed by atoms with E-state index < -0.39 is 47.4 Å². The molecule has 9 amide bonds. The largest absolute Gasteiger partial charge is 0.416 e. The molecule has 3 aromatic heterocycles. The molecule has 9 aromatic rings. The minimum absolute atomic E-state index is 0.00446. The molecule has 0 aliphatic rings. The molecule has 9 rings (SSSR count). The number of amides is 9. The normalized spacial score (nSPS) is 10.9. The number of aryl methyl sites for hydroxylation is 4. The number of alkyl halides is 6. The van der Waals surface area contributed by atoms with E-state index >= 15 is 0 Å². The third-order valence-electron chi connectivity index (χ3n) is 15.0. The molecule has 516 valence electrons. The quantitative estimate of drug-likeness (QED) is 0.0406. The van der Waals surface area contributed by atoms with Gasteiger partial charge in [0.1, 0.15) is 53.9 Å². The zero-order valence-corrected chi connectivity index (χ0v) is 55.8. The maximum Gasteiger partial charge on any atom is 0.416 e. The van der Waals surface area contributed by atoms with Crippen LogP contribution in [0.3, 0.4) is 0 Å². The highest BCUT2D eigenvalue weighted by atomic mass is 19.4. The van der Waals surface area contributed by atoms with Gasteiger partial charge in [0.25, 0.3) is 17.7 Å². The van der Waals surface area contributed by atoms with Crippen LogP contribution < -0.4 is 62.6 Å². The Morgan fingerprint density at radius 2 is 0.717 bits per heavy atom. The van der Waals surface area contributed by atoms with Gasteiger partial charge in [-0.25, -0.2) is 44.3 Å². The molecule has 6 aromatic carbocycles. The van der Waals surface area contributed by atoms with Gasteiger partial charge in [0, 0.05) is 111 Å². The number of carbonyl (C=O) groups is 6. The lowest BCUT2D eigenvalue weighted by molar-refractivity contribution is -0.138. The van der Waals surface area contributed by atoms with E-state index in [0.29, 0.717) is 74.6 Å². The van der Waals surface area contributed by atoms with Crippen LogP contribution in [0.2, 0.25) is 0 Å². The van der Waals surface area contributed by atoms with Crippen molar-refractivity contribution in [1.29, 1.82) is 0 Å². The summed E-state index contributed by atoms with van der Waals surface area (Å²) in [6.45, 7) is 11.7. The van der Waals surface area contributed by atoms with Crippen LogP contribution in [0.15, 0.2) is 159 Å². The zero-order chi connectivity index (χ0) is 72.5. The fourth-order valence-corrected chi connectivity index (χ4v) is 9.13. The number of carbonyl (C=O) groups excluding carboxylic acids is 6. The first kappa shape index (κ1) is 74.2. The highest BCUT2D eigenvalue weighted by Gasteiger charge is 2.32. The van der Waals surface area contributed by atoms with E-state index in [4.69, 9.17) is 0 Å². The van der Waals surface area contributed by atoms with Crippen molar-refractivity contribution in [2.24, 2.45) is 0 Å². The lowest BCUT2D eigenvalue weighted by atomic mass is 9.97. The number of rotatable bonds is 16. The van der Waals surface area contributed by atoms with Crippen LogP contribution in [0.1, 0.15) is 89.8 Å². The molecule has 0 fully saturated rings. The van der Waals surface area contributed by atoms with Crippen LogP contribution in [0.4, 0.5) is 110 Å². The monoisotopic (exact) mass is 1360 g/mol. The Kier molecular flexibility index (Phi) is 24.7. The van der Waals surface area contributed by atoms with Crippen molar-refractivity contribution in [3.8, 4) is 0 Å². The third kappa shape index (κ3) is 20.4. The first-order valence-electron chi connectivity index (χ1n) is 30.2. The van der Waals surface area contributed by atoms with Crippen molar-refractivity contribution in [1.82, 2.24) is 29.9 Å². The second-order valence-corrected chi connectivity index (χ2v) is 22.3. The molecule has 30 heteroatoms. The number of benzene rings is 6. The predicted octanol–water partition coefficient (Wildman–Crippen LogP) is 14.7. The second-order valence-electron chi connectivity index (χ2n) is 22.3. The molecule has 0 unspecified atom stereocenters. The topological polar surface area (TPSA) is 298 Å². The predicted molar refractivity (Wildman–Crippen MR) is 373 cm³/mol. The number of hydrogen-bond donors (Lipinski definition) is 9. The molecule has 0 saturated heterocycles. The van der Waals surface area contributed by atoms with Gasteiger partial charge in [-0.3, -0.25) is 29.1 Å². The van der Waals surface area contributed by atoms with Gasteiger partial charge in [-0.1, -0.05) is 44.2 Å². The van der Waals surface area contributed by atoms with Crippen LogP contribution >= 0.6 is 0 Å². The van der Waals surface area contributed by atoms with Gasteiger partial charge in [0.15, 0.2) is 0 Å². The average Bonchev–Trinajstić information content (AvgIpc) is 2.43. The maximum absolute atomic E-state index is 12.9. The van der Waals surface area contributed by atoms with Crippen LogP contribution in [0.5, 0.6) is 0 Å². The molecular formula is C69H72F6N18O6. The number of aromatic nitrogens is 6. The summed E-state index contributed by atoms with van der Waals surface area (Å²) in [6.07, 6.45) is -4.96. The van der Waals surface area contributed by atoms with Crippen LogP contribution in [-0.2, 0) is 12.4 Å². The molecule has 99 heavy (non-hydrogen) atoms. The molecule has 0 radical (unpaired) electrons. The number of nitrogens with one attached hydrogen (secondary N) is 9. The molecule has 24 nitrogen and oxygen atoms in total. The number of anilines is 12. The van der Waals surface area contributed by atoms with Gasteiger partial charge in [-0.2, -0.15) is 26.3 Å². The molecule has 9 N–H and O–H groups in total. The van der Waals surface area contributed by atoms with Crippen molar-refractivity contribution in [3.05, 3.63) is 214 Å². The lowest BCUT2D eigenvalue weighted by Crippen LogP contribution is -2.32.